The standard InChI is InChI=1S/C16H21N3O3S2/c1-4-10-23-16-19-18-15(24-16)17-14(20)13(5-2)22-12-8-6-11(21-3)7-9-12/h6-9,13H,4-5,10H2,1-3H3,(H,17,18,20)/t13-/m1/s1. The third-order valence-electron chi connectivity index (χ3n) is 3.07. The number of carbonyl (C=O) groups excluding carboxylic acids is 1. The number of amides is 1. The van der Waals surface area contributed by atoms with E-state index in [4.69, 9.17) is 9.47 Å². The second-order valence-electron chi connectivity index (χ2n) is 4.90. The summed E-state index contributed by atoms with van der Waals surface area (Å²) in [6.45, 7) is 4.01. The van der Waals surface area contributed by atoms with E-state index >= 15 is 0 Å². The summed E-state index contributed by atoms with van der Waals surface area (Å²) in [5.41, 5.74) is 0. The fourth-order valence-corrected chi connectivity index (χ4v) is 3.51. The number of nitrogens with zero attached hydrogens (tertiary/aromatic N) is 2. The van der Waals surface area contributed by atoms with E-state index in [2.05, 4.69) is 22.4 Å². The Balaban J connectivity index is 1.93. The van der Waals surface area contributed by atoms with Gasteiger partial charge in [0.25, 0.3) is 5.91 Å². The fourth-order valence-electron chi connectivity index (χ4n) is 1.83. The van der Waals surface area contributed by atoms with E-state index in [0.717, 1.165) is 22.3 Å². The number of aromatic nitrogens is 2. The maximum atomic E-state index is 12.4. The summed E-state index contributed by atoms with van der Waals surface area (Å²) in [5, 5.41) is 11.3. The fraction of sp³-hybridized carbons (Fsp3) is 0.438. The monoisotopic (exact) mass is 367 g/mol. The second kappa shape index (κ2) is 9.48. The first-order valence-electron chi connectivity index (χ1n) is 7.74. The second-order valence-corrected chi connectivity index (χ2v) is 7.22. The molecule has 0 spiro atoms. The molecular formula is C16H21N3O3S2. The lowest BCUT2D eigenvalue weighted by Gasteiger charge is -2.16. The molecule has 0 unspecified atom stereocenters. The normalized spacial score (nSPS) is 11.8. The Morgan fingerprint density at radius 3 is 2.58 bits per heavy atom. The predicted molar refractivity (Wildman–Crippen MR) is 97.3 cm³/mol. The SMILES string of the molecule is CCCSc1nnc(NC(=O)[C@@H](CC)Oc2ccc(OC)cc2)s1. The van der Waals surface area contributed by atoms with Crippen molar-refractivity contribution in [2.75, 3.05) is 18.2 Å². The minimum absolute atomic E-state index is 0.225. The van der Waals surface area contributed by atoms with Gasteiger partial charge in [0.15, 0.2) is 10.4 Å². The molecule has 1 heterocycles. The van der Waals surface area contributed by atoms with E-state index in [1.54, 1.807) is 43.1 Å². The third-order valence-corrected chi connectivity index (χ3v) is 5.25. The highest BCUT2D eigenvalue weighted by molar-refractivity contribution is 8.01. The third kappa shape index (κ3) is 5.38. The van der Waals surface area contributed by atoms with Gasteiger partial charge in [0.2, 0.25) is 5.13 Å². The van der Waals surface area contributed by atoms with Crippen LogP contribution in [0.5, 0.6) is 11.5 Å². The summed E-state index contributed by atoms with van der Waals surface area (Å²) < 4.78 is 11.7. The number of hydrogen-bond donors (Lipinski definition) is 1. The zero-order valence-electron chi connectivity index (χ0n) is 13.9. The highest BCUT2D eigenvalue weighted by atomic mass is 32.2. The van der Waals surface area contributed by atoms with Crippen LogP contribution < -0.4 is 14.8 Å². The number of rotatable bonds is 9. The zero-order valence-corrected chi connectivity index (χ0v) is 15.6. The number of thioether (sulfide) groups is 1. The Bertz CT molecular complexity index is 646. The van der Waals surface area contributed by atoms with E-state index in [-0.39, 0.29) is 5.91 Å². The van der Waals surface area contributed by atoms with Crippen molar-refractivity contribution in [2.45, 2.75) is 37.1 Å². The Hall–Kier alpha value is -1.80. The average Bonchev–Trinajstić information content (AvgIpc) is 3.05. The highest BCUT2D eigenvalue weighted by Crippen LogP contribution is 2.26. The summed E-state index contributed by atoms with van der Waals surface area (Å²) in [4.78, 5) is 12.4. The van der Waals surface area contributed by atoms with Gasteiger partial charge in [0, 0.05) is 5.75 Å². The molecule has 0 aliphatic carbocycles. The molecule has 8 heteroatoms. The molecule has 24 heavy (non-hydrogen) atoms. The maximum Gasteiger partial charge on any atom is 0.267 e. The Labute approximate surface area is 150 Å². The Morgan fingerprint density at radius 1 is 1.25 bits per heavy atom. The summed E-state index contributed by atoms with van der Waals surface area (Å²) in [6, 6.07) is 7.14. The van der Waals surface area contributed by atoms with Crippen LogP contribution in [-0.2, 0) is 4.79 Å². The molecule has 1 amide bonds. The average molecular weight is 367 g/mol. The van der Waals surface area contributed by atoms with Gasteiger partial charge in [-0.05, 0) is 37.1 Å². The predicted octanol–water partition coefficient (Wildman–Crippen LogP) is 3.84. The maximum absolute atomic E-state index is 12.4. The number of methoxy groups -OCH3 is 1. The number of carbonyl (C=O) groups is 1. The van der Waals surface area contributed by atoms with Gasteiger partial charge in [-0.2, -0.15) is 0 Å². The van der Waals surface area contributed by atoms with Crippen molar-refractivity contribution in [3.8, 4) is 11.5 Å². The largest absolute Gasteiger partial charge is 0.497 e. The Morgan fingerprint density at radius 2 is 1.96 bits per heavy atom. The first-order valence-corrected chi connectivity index (χ1v) is 9.54. The molecule has 6 nitrogen and oxygen atoms in total. The number of ether oxygens (including phenoxy) is 2. The van der Waals surface area contributed by atoms with Gasteiger partial charge in [-0.1, -0.05) is 36.9 Å². The van der Waals surface area contributed by atoms with Crippen LogP contribution in [0.2, 0.25) is 0 Å². The topological polar surface area (TPSA) is 73.3 Å². The van der Waals surface area contributed by atoms with E-state index in [1.165, 1.54) is 11.3 Å². The molecule has 2 rings (SSSR count). The molecule has 0 aliphatic heterocycles. The van der Waals surface area contributed by atoms with Crippen molar-refractivity contribution >= 4 is 34.1 Å². The first kappa shape index (κ1) is 18.5. The first-order chi connectivity index (χ1) is 11.7. The number of anilines is 1. The summed E-state index contributed by atoms with van der Waals surface area (Å²) in [6.07, 6.45) is 1.03. The van der Waals surface area contributed by atoms with Gasteiger partial charge in [-0.15, -0.1) is 10.2 Å². The smallest absolute Gasteiger partial charge is 0.267 e. The van der Waals surface area contributed by atoms with Crippen LogP contribution in [0.25, 0.3) is 0 Å². The quantitative estimate of drug-likeness (QED) is 0.536. The van der Waals surface area contributed by atoms with Gasteiger partial charge < -0.3 is 9.47 Å². The van der Waals surface area contributed by atoms with Crippen molar-refractivity contribution in [1.82, 2.24) is 10.2 Å². The molecule has 1 N–H and O–H groups in total. The van der Waals surface area contributed by atoms with Gasteiger partial charge in [0.1, 0.15) is 11.5 Å². The van der Waals surface area contributed by atoms with Crippen molar-refractivity contribution in [2.24, 2.45) is 0 Å². The number of hydrogen-bond acceptors (Lipinski definition) is 7. The molecule has 0 fully saturated rings. The lowest BCUT2D eigenvalue weighted by atomic mass is 10.2. The lowest BCUT2D eigenvalue weighted by molar-refractivity contribution is -0.122. The van der Waals surface area contributed by atoms with Crippen LogP contribution in [0.3, 0.4) is 0 Å². The van der Waals surface area contributed by atoms with E-state index in [9.17, 15) is 4.79 Å². The van der Waals surface area contributed by atoms with Crippen molar-refractivity contribution in [3.05, 3.63) is 24.3 Å². The minimum atomic E-state index is -0.589. The molecule has 130 valence electrons. The van der Waals surface area contributed by atoms with E-state index < -0.39 is 6.10 Å². The summed E-state index contributed by atoms with van der Waals surface area (Å²) in [5.74, 6) is 2.12. The van der Waals surface area contributed by atoms with E-state index in [0.29, 0.717) is 17.3 Å². The van der Waals surface area contributed by atoms with Crippen molar-refractivity contribution < 1.29 is 14.3 Å². The minimum Gasteiger partial charge on any atom is -0.497 e. The molecule has 2 aromatic rings. The zero-order chi connectivity index (χ0) is 17.4. The molecule has 0 saturated heterocycles. The van der Waals surface area contributed by atoms with Gasteiger partial charge >= 0.3 is 0 Å². The highest BCUT2D eigenvalue weighted by Gasteiger charge is 2.20. The molecule has 0 bridgehead atoms. The van der Waals surface area contributed by atoms with Gasteiger partial charge in [-0.3, -0.25) is 10.1 Å². The van der Waals surface area contributed by atoms with Crippen LogP contribution in [0.1, 0.15) is 26.7 Å². The summed E-state index contributed by atoms with van der Waals surface area (Å²) >= 11 is 3.02. The van der Waals surface area contributed by atoms with Gasteiger partial charge in [0.05, 0.1) is 7.11 Å². The molecule has 0 saturated carbocycles. The van der Waals surface area contributed by atoms with Gasteiger partial charge in [-0.25, -0.2) is 0 Å². The lowest BCUT2D eigenvalue weighted by Crippen LogP contribution is -2.32. The molecular weight excluding hydrogens is 346 g/mol. The van der Waals surface area contributed by atoms with Crippen LogP contribution in [-0.4, -0.2) is 35.1 Å². The Kier molecular flexibility index (Phi) is 7.33. The van der Waals surface area contributed by atoms with E-state index in [1.807, 2.05) is 6.92 Å². The summed E-state index contributed by atoms with van der Waals surface area (Å²) in [7, 11) is 1.60. The van der Waals surface area contributed by atoms with Crippen LogP contribution in [0, 0.1) is 0 Å². The molecule has 1 aromatic heterocycles. The van der Waals surface area contributed by atoms with Crippen molar-refractivity contribution in [1.29, 1.82) is 0 Å². The number of nitrogens with one attached hydrogen (secondary N) is 1. The molecule has 0 radical (unpaired) electrons. The van der Waals surface area contributed by atoms with Crippen LogP contribution in [0.15, 0.2) is 28.6 Å². The molecule has 1 atom stereocenters. The van der Waals surface area contributed by atoms with Crippen LogP contribution >= 0.6 is 23.1 Å². The molecule has 0 aliphatic rings. The molecule has 1 aromatic carbocycles. The van der Waals surface area contributed by atoms with Crippen molar-refractivity contribution in [3.63, 3.8) is 0 Å². The van der Waals surface area contributed by atoms with Crippen LogP contribution in [0.4, 0.5) is 5.13 Å². The number of benzene rings is 1.